The highest BCUT2D eigenvalue weighted by atomic mass is 32.1. The molecule has 2 aromatic heterocycles. The van der Waals surface area contributed by atoms with Crippen molar-refractivity contribution in [2.45, 2.75) is 25.8 Å². The van der Waals surface area contributed by atoms with Crippen LogP contribution >= 0.6 is 11.3 Å². The molecule has 0 saturated carbocycles. The summed E-state index contributed by atoms with van der Waals surface area (Å²) < 4.78 is 0. The first-order valence-corrected chi connectivity index (χ1v) is 7.01. The maximum atomic E-state index is 11.8. The first kappa shape index (κ1) is 14.5. The van der Waals surface area contributed by atoms with Crippen molar-refractivity contribution >= 4 is 17.2 Å². The molecule has 0 unspecified atom stereocenters. The number of nitrogens with one attached hydrogen (secondary N) is 1. The Hall–Kier alpha value is -1.86. The molecule has 7 heteroatoms. The molecular formula is C13H16N4O2S. The summed E-state index contributed by atoms with van der Waals surface area (Å²) in [6.45, 7) is 3.41. The molecule has 6 nitrogen and oxygen atoms in total. The average molecular weight is 292 g/mol. The molecule has 2 N–H and O–H groups in total. The Morgan fingerprint density at radius 3 is 2.90 bits per heavy atom. The van der Waals surface area contributed by atoms with E-state index < -0.39 is 5.54 Å². The molecule has 1 amide bonds. The van der Waals surface area contributed by atoms with Gasteiger partial charge in [-0.25, -0.2) is 4.98 Å². The predicted molar refractivity (Wildman–Crippen MR) is 76.2 cm³/mol. The molecule has 0 spiro atoms. The van der Waals surface area contributed by atoms with Crippen molar-refractivity contribution in [3.63, 3.8) is 0 Å². The quantitative estimate of drug-likeness (QED) is 0.859. The number of aromatic nitrogens is 3. The number of hydrogen-bond donors (Lipinski definition) is 2. The summed E-state index contributed by atoms with van der Waals surface area (Å²) >= 11 is 1.43. The van der Waals surface area contributed by atoms with E-state index >= 15 is 0 Å². The third-order valence-corrected chi connectivity index (χ3v) is 3.46. The Morgan fingerprint density at radius 1 is 1.45 bits per heavy atom. The van der Waals surface area contributed by atoms with Crippen LogP contribution in [0.4, 0.5) is 0 Å². The summed E-state index contributed by atoms with van der Waals surface area (Å²) in [7, 11) is 0. The molecule has 106 valence electrons. The van der Waals surface area contributed by atoms with Crippen molar-refractivity contribution in [2.75, 3.05) is 6.61 Å². The third kappa shape index (κ3) is 3.82. The number of carbonyl (C=O) groups excluding carboxylic acids is 1. The fraction of sp³-hybridized carbons (Fsp3) is 0.385. The molecule has 0 fully saturated rings. The summed E-state index contributed by atoms with van der Waals surface area (Å²) in [6, 6.07) is 0. The minimum absolute atomic E-state index is 0.110. The highest BCUT2D eigenvalue weighted by molar-refractivity contribution is 7.13. The van der Waals surface area contributed by atoms with Crippen LogP contribution in [0.1, 0.15) is 19.5 Å². The molecule has 0 saturated heterocycles. The van der Waals surface area contributed by atoms with Gasteiger partial charge in [-0.05, 0) is 13.8 Å². The highest BCUT2D eigenvalue weighted by Crippen LogP contribution is 2.20. The van der Waals surface area contributed by atoms with Crippen LogP contribution in [-0.4, -0.2) is 38.1 Å². The molecule has 0 radical (unpaired) electrons. The van der Waals surface area contributed by atoms with Crippen LogP contribution in [0.15, 0.2) is 24.0 Å². The van der Waals surface area contributed by atoms with Crippen LogP contribution in [-0.2, 0) is 11.2 Å². The van der Waals surface area contributed by atoms with Crippen molar-refractivity contribution in [3.8, 4) is 10.7 Å². The van der Waals surface area contributed by atoms with Gasteiger partial charge in [0.15, 0.2) is 0 Å². The zero-order valence-electron chi connectivity index (χ0n) is 11.3. The van der Waals surface area contributed by atoms with Crippen LogP contribution in [0.25, 0.3) is 10.7 Å². The van der Waals surface area contributed by atoms with E-state index in [9.17, 15) is 4.79 Å². The number of carbonyl (C=O) groups is 1. The van der Waals surface area contributed by atoms with Gasteiger partial charge in [0.1, 0.15) is 10.7 Å². The van der Waals surface area contributed by atoms with Crippen molar-refractivity contribution in [3.05, 3.63) is 29.7 Å². The molecule has 0 bridgehead atoms. The van der Waals surface area contributed by atoms with Gasteiger partial charge in [0.05, 0.1) is 30.5 Å². The zero-order valence-corrected chi connectivity index (χ0v) is 12.1. The minimum Gasteiger partial charge on any atom is -0.394 e. The summed E-state index contributed by atoms with van der Waals surface area (Å²) in [6.07, 6.45) is 5.02. The standard InChI is InChI=1S/C13H16N4O2S/c1-13(2,8-18)17-11(19)5-9-7-20-12(16-9)10-6-14-3-4-15-10/h3-4,6-7,18H,5,8H2,1-2H3,(H,17,19). The zero-order chi connectivity index (χ0) is 14.6. The van der Waals surface area contributed by atoms with Gasteiger partial charge in [-0.1, -0.05) is 0 Å². The summed E-state index contributed by atoms with van der Waals surface area (Å²) in [5, 5.41) is 14.4. The molecule has 0 aliphatic heterocycles. The molecule has 0 aliphatic carbocycles. The molecule has 20 heavy (non-hydrogen) atoms. The first-order chi connectivity index (χ1) is 9.50. The molecule has 2 heterocycles. The van der Waals surface area contributed by atoms with Gasteiger partial charge < -0.3 is 10.4 Å². The highest BCUT2D eigenvalue weighted by Gasteiger charge is 2.19. The van der Waals surface area contributed by atoms with Gasteiger partial charge in [-0.3, -0.25) is 14.8 Å². The molecule has 0 aliphatic rings. The van der Waals surface area contributed by atoms with E-state index in [0.717, 1.165) is 5.01 Å². The van der Waals surface area contributed by atoms with Crippen LogP contribution < -0.4 is 5.32 Å². The van der Waals surface area contributed by atoms with Crippen molar-refractivity contribution in [1.29, 1.82) is 0 Å². The van der Waals surface area contributed by atoms with E-state index in [-0.39, 0.29) is 18.9 Å². The lowest BCUT2D eigenvalue weighted by Crippen LogP contribution is -2.46. The second-order valence-corrected chi connectivity index (χ2v) is 5.86. The van der Waals surface area contributed by atoms with Crippen LogP contribution in [0.5, 0.6) is 0 Å². The summed E-state index contributed by atoms with van der Waals surface area (Å²) in [5.74, 6) is -0.167. The summed E-state index contributed by atoms with van der Waals surface area (Å²) in [5.41, 5.74) is 0.752. The van der Waals surface area contributed by atoms with E-state index in [1.54, 1.807) is 32.4 Å². The van der Waals surface area contributed by atoms with Crippen LogP contribution in [0.2, 0.25) is 0 Å². The second kappa shape index (κ2) is 6.06. The molecule has 2 rings (SSSR count). The molecule has 0 atom stereocenters. The molecule has 2 aromatic rings. The van der Waals surface area contributed by atoms with Crippen LogP contribution in [0.3, 0.4) is 0 Å². The Labute approximate surface area is 120 Å². The van der Waals surface area contributed by atoms with Gasteiger partial charge in [0.25, 0.3) is 0 Å². The van der Waals surface area contributed by atoms with E-state index in [4.69, 9.17) is 5.11 Å². The number of nitrogens with zero attached hydrogens (tertiary/aromatic N) is 3. The lowest BCUT2D eigenvalue weighted by Gasteiger charge is -2.23. The molecule has 0 aromatic carbocycles. The van der Waals surface area contributed by atoms with Crippen molar-refractivity contribution < 1.29 is 9.90 Å². The number of thiazole rings is 1. The lowest BCUT2D eigenvalue weighted by molar-refractivity contribution is -0.122. The van der Waals surface area contributed by atoms with Gasteiger partial charge in [0, 0.05) is 17.8 Å². The monoisotopic (exact) mass is 292 g/mol. The predicted octanol–water partition coefficient (Wildman–Crippen LogP) is 1.03. The second-order valence-electron chi connectivity index (χ2n) is 5.00. The number of aliphatic hydroxyl groups excluding tert-OH is 1. The van der Waals surface area contributed by atoms with Crippen LogP contribution in [0, 0.1) is 0 Å². The first-order valence-electron chi connectivity index (χ1n) is 6.13. The third-order valence-electron chi connectivity index (χ3n) is 2.55. The number of hydrogen-bond acceptors (Lipinski definition) is 6. The molecular weight excluding hydrogens is 276 g/mol. The van der Waals surface area contributed by atoms with E-state index in [0.29, 0.717) is 11.4 Å². The minimum atomic E-state index is -0.624. The average Bonchev–Trinajstić information content (AvgIpc) is 2.87. The lowest BCUT2D eigenvalue weighted by atomic mass is 10.1. The SMILES string of the molecule is CC(C)(CO)NC(=O)Cc1csc(-c2cnccn2)n1. The van der Waals surface area contributed by atoms with Gasteiger partial charge in [0.2, 0.25) is 5.91 Å². The van der Waals surface area contributed by atoms with Crippen molar-refractivity contribution in [1.82, 2.24) is 20.3 Å². The van der Waals surface area contributed by atoms with Gasteiger partial charge in [-0.2, -0.15) is 0 Å². The Morgan fingerprint density at radius 2 is 2.25 bits per heavy atom. The Bertz CT molecular complexity index is 583. The van der Waals surface area contributed by atoms with Crippen molar-refractivity contribution in [2.24, 2.45) is 0 Å². The van der Waals surface area contributed by atoms with Gasteiger partial charge in [-0.15, -0.1) is 11.3 Å². The Balaban J connectivity index is 2.02. The fourth-order valence-electron chi connectivity index (χ4n) is 1.54. The van der Waals surface area contributed by atoms with E-state index in [1.807, 2.05) is 5.38 Å². The maximum Gasteiger partial charge on any atom is 0.226 e. The number of aliphatic hydroxyl groups is 1. The normalized spacial score (nSPS) is 11.3. The van der Waals surface area contributed by atoms with E-state index in [2.05, 4.69) is 20.3 Å². The largest absolute Gasteiger partial charge is 0.394 e. The van der Waals surface area contributed by atoms with Gasteiger partial charge >= 0.3 is 0 Å². The summed E-state index contributed by atoms with van der Waals surface area (Å²) in [4.78, 5) is 24.4. The smallest absolute Gasteiger partial charge is 0.226 e. The fourth-order valence-corrected chi connectivity index (χ4v) is 2.32. The maximum absolute atomic E-state index is 11.8. The Kier molecular flexibility index (Phi) is 4.41. The topological polar surface area (TPSA) is 88.0 Å². The number of rotatable bonds is 5. The van der Waals surface area contributed by atoms with E-state index in [1.165, 1.54) is 11.3 Å². The number of amides is 1.